The lowest BCUT2D eigenvalue weighted by Crippen LogP contribution is -2.48. The van der Waals surface area contributed by atoms with Crippen LogP contribution >= 0.6 is 0 Å². The molecule has 2 aliphatic carbocycles. The van der Waals surface area contributed by atoms with Gasteiger partial charge in [0.1, 0.15) is 0 Å². The van der Waals surface area contributed by atoms with Crippen LogP contribution in [0.25, 0.3) is 0 Å². The Hall–Kier alpha value is -0.930. The van der Waals surface area contributed by atoms with Crippen molar-refractivity contribution in [1.82, 2.24) is 0 Å². The zero-order valence-electron chi connectivity index (χ0n) is 12.4. The highest BCUT2D eigenvalue weighted by atomic mass is 17.2. The monoisotopic (exact) mass is 264 g/mol. The largest absolute Gasteiger partial charge is 0.294 e. The van der Waals surface area contributed by atoms with Crippen LogP contribution in [0.15, 0.2) is 23.8 Å². The second kappa shape index (κ2) is 5.22. The molecule has 2 rings (SSSR count). The average Bonchev–Trinajstić information content (AvgIpc) is 2.36. The topological polar surface area (TPSA) is 35.5 Å². The van der Waals surface area contributed by atoms with Crippen molar-refractivity contribution < 1.29 is 14.6 Å². The summed E-state index contributed by atoms with van der Waals surface area (Å²) in [4.78, 5) is 22.2. The summed E-state index contributed by atoms with van der Waals surface area (Å²) in [5.74, 6) is 0.661. The third-order valence-corrected chi connectivity index (χ3v) is 4.98. The summed E-state index contributed by atoms with van der Waals surface area (Å²) in [5.41, 5.74) is 0.665. The van der Waals surface area contributed by atoms with Crippen LogP contribution in [0.1, 0.15) is 40.0 Å². The summed E-state index contributed by atoms with van der Waals surface area (Å²) in [6.07, 6.45) is 9.23. The first kappa shape index (κ1) is 14.5. The van der Waals surface area contributed by atoms with E-state index in [4.69, 9.17) is 4.89 Å². The van der Waals surface area contributed by atoms with Crippen molar-refractivity contribution >= 4 is 5.78 Å². The van der Waals surface area contributed by atoms with E-state index in [1.54, 1.807) is 0 Å². The van der Waals surface area contributed by atoms with Gasteiger partial charge in [0.2, 0.25) is 0 Å². The fraction of sp³-hybridized carbons (Fsp3) is 0.688. The minimum absolute atomic E-state index is 0.00160. The van der Waals surface area contributed by atoms with Crippen LogP contribution in [0, 0.1) is 16.7 Å². The lowest BCUT2D eigenvalue weighted by atomic mass is 9.53. The number of allylic oxidation sites excluding steroid dienone is 4. The number of ketones is 1. The number of Topliss-reactive ketones (excluding diaryl/α,β-unsaturated/α-hetero) is 1. The highest BCUT2D eigenvalue weighted by Crippen LogP contribution is 2.54. The minimum atomic E-state index is -0.255. The first-order valence-electron chi connectivity index (χ1n) is 6.99. The van der Waals surface area contributed by atoms with E-state index in [2.05, 4.69) is 37.0 Å². The van der Waals surface area contributed by atoms with Gasteiger partial charge in [-0.05, 0) is 43.1 Å². The third-order valence-electron chi connectivity index (χ3n) is 4.98. The molecule has 0 aromatic rings. The van der Waals surface area contributed by atoms with Crippen molar-refractivity contribution in [3.05, 3.63) is 23.8 Å². The number of hydrogen-bond donors (Lipinski definition) is 0. The molecule has 0 radical (unpaired) electrons. The molecule has 0 saturated heterocycles. The van der Waals surface area contributed by atoms with Crippen LogP contribution in [0.4, 0.5) is 0 Å². The van der Waals surface area contributed by atoms with E-state index < -0.39 is 0 Å². The summed E-state index contributed by atoms with van der Waals surface area (Å²) < 4.78 is 0. The lowest BCUT2D eigenvalue weighted by molar-refractivity contribution is -0.276. The Labute approximate surface area is 115 Å². The van der Waals surface area contributed by atoms with Gasteiger partial charge in [-0.3, -0.25) is 4.79 Å². The van der Waals surface area contributed by atoms with Crippen LogP contribution in [0.3, 0.4) is 0 Å². The van der Waals surface area contributed by atoms with E-state index in [0.717, 1.165) is 24.8 Å². The van der Waals surface area contributed by atoms with E-state index >= 15 is 0 Å². The van der Waals surface area contributed by atoms with E-state index in [1.807, 2.05) is 6.92 Å². The molecule has 0 N–H and O–H groups in total. The van der Waals surface area contributed by atoms with Crippen molar-refractivity contribution in [2.75, 3.05) is 13.7 Å². The number of carbonyl (C=O) groups excluding carboxylic acids is 1. The molecule has 3 nitrogen and oxygen atoms in total. The SMILES string of the molecule is COOCC[C@@]1(C)C=CC[C@]2(C)C(=O)C(C)=CCC12. The fourth-order valence-corrected chi connectivity index (χ4v) is 3.78. The van der Waals surface area contributed by atoms with Crippen molar-refractivity contribution in [1.29, 1.82) is 0 Å². The molecule has 0 aromatic heterocycles. The lowest BCUT2D eigenvalue weighted by Gasteiger charge is -2.50. The second-order valence-electron chi connectivity index (χ2n) is 6.27. The summed E-state index contributed by atoms with van der Waals surface area (Å²) >= 11 is 0. The fourth-order valence-electron chi connectivity index (χ4n) is 3.78. The van der Waals surface area contributed by atoms with Gasteiger partial charge in [0.15, 0.2) is 5.78 Å². The molecule has 0 aromatic carbocycles. The van der Waals surface area contributed by atoms with Gasteiger partial charge in [-0.15, -0.1) is 0 Å². The molecule has 19 heavy (non-hydrogen) atoms. The highest BCUT2D eigenvalue weighted by molar-refractivity contribution is 6.00. The van der Waals surface area contributed by atoms with E-state index in [9.17, 15) is 4.79 Å². The highest BCUT2D eigenvalue weighted by Gasteiger charge is 2.51. The molecular weight excluding hydrogens is 240 g/mol. The Morgan fingerprint density at radius 1 is 1.42 bits per heavy atom. The van der Waals surface area contributed by atoms with Crippen LogP contribution in [0.5, 0.6) is 0 Å². The summed E-state index contributed by atoms with van der Waals surface area (Å²) in [6, 6.07) is 0. The van der Waals surface area contributed by atoms with Crippen molar-refractivity contribution in [3.63, 3.8) is 0 Å². The Bertz CT molecular complexity index is 424. The molecule has 3 heteroatoms. The molecule has 106 valence electrons. The number of fused-ring (bicyclic) bond motifs is 1. The van der Waals surface area contributed by atoms with Crippen molar-refractivity contribution in [2.24, 2.45) is 16.7 Å². The minimum Gasteiger partial charge on any atom is -0.294 e. The molecule has 0 fully saturated rings. The second-order valence-corrected chi connectivity index (χ2v) is 6.27. The number of carbonyl (C=O) groups is 1. The molecule has 3 atom stereocenters. The van der Waals surface area contributed by atoms with Gasteiger partial charge in [-0.1, -0.05) is 32.1 Å². The van der Waals surface area contributed by atoms with Gasteiger partial charge in [0, 0.05) is 5.41 Å². The molecule has 0 spiro atoms. The summed E-state index contributed by atoms with van der Waals surface area (Å²) in [6.45, 7) is 6.84. The Morgan fingerprint density at radius 3 is 2.84 bits per heavy atom. The van der Waals surface area contributed by atoms with E-state index in [0.29, 0.717) is 18.3 Å². The van der Waals surface area contributed by atoms with Crippen LogP contribution in [-0.2, 0) is 14.6 Å². The third kappa shape index (κ3) is 2.41. The standard InChI is InChI=1S/C16H24O3/c1-12-6-7-13-15(2,10-11-19-18-4)8-5-9-16(13,3)14(12)17/h5-6,8,13H,7,9-11H2,1-4H3/t13?,15-,16+/m1/s1. The first-order chi connectivity index (χ1) is 8.94. The van der Waals surface area contributed by atoms with Crippen molar-refractivity contribution in [2.45, 2.75) is 40.0 Å². The maximum absolute atomic E-state index is 12.5. The molecule has 0 heterocycles. The number of hydrogen-bond acceptors (Lipinski definition) is 3. The van der Waals surface area contributed by atoms with Gasteiger partial charge in [-0.25, -0.2) is 9.78 Å². The van der Waals surface area contributed by atoms with Gasteiger partial charge in [-0.2, -0.15) is 0 Å². The predicted octanol–water partition coefficient (Wildman–Crippen LogP) is 3.46. The first-order valence-corrected chi connectivity index (χ1v) is 6.99. The Kier molecular flexibility index (Phi) is 3.98. The average molecular weight is 264 g/mol. The maximum atomic E-state index is 12.5. The molecule has 0 amide bonds. The van der Waals surface area contributed by atoms with Crippen LogP contribution < -0.4 is 0 Å². The smallest absolute Gasteiger partial charge is 0.164 e. The zero-order chi connectivity index (χ0) is 14.1. The molecule has 0 saturated carbocycles. The van der Waals surface area contributed by atoms with Crippen LogP contribution in [-0.4, -0.2) is 19.5 Å². The normalized spacial score (nSPS) is 38.0. The molecular formula is C16H24O3. The summed E-state index contributed by atoms with van der Waals surface area (Å²) in [7, 11) is 1.53. The van der Waals surface area contributed by atoms with Gasteiger partial charge >= 0.3 is 0 Å². The van der Waals surface area contributed by atoms with E-state index in [1.165, 1.54) is 7.11 Å². The Balaban J connectivity index is 2.26. The molecule has 0 aliphatic heterocycles. The quantitative estimate of drug-likeness (QED) is 0.337. The molecule has 2 aliphatic rings. The van der Waals surface area contributed by atoms with Crippen molar-refractivity contribution in [3.8, 4) is 0 Å². The Morgan fingerprint density at radius 2 is 2.16 bits per heavy atom. The maximum Gasteiger partial charge on any atom is 0.164 e. The van der Waals surface area contributed by atoms with Gasteiger partial charge in [0.25, 0.3) is 0 Å². The molecule has 1 unspecified atom stereocenters. The molecule has 0 bridgehead atoms. The van der Waals surface area contributed by atoms with E-state index in [-0.39, 0.29) is 10.8 Å². The van der Waals surface area contributed by atoms with Gasteiger partial charge < -0.3 is 0 Å². The number of rotatable bonds is 4. The summed E-state index contributed by atoms with van der Waals surface area (Å²) in [5, 5.41) is 0. The van der Waals surface area contributed by atoms with Crippen LogP contribution in [0.2, 0.25) is 0 Å². The van der Waals surface area contributed by atoms with Gasteiger partial charge in [0.05, 0.1) is 13.7 Å². The zero-order valence-corrected chi connectivity index (χ0v) is 12.4. The predicted molar refractivity (Wildman–Crippen MR) is 74.4 cm³/mol.